The van der Waals surface area contributed by atoms with Gasteiger partial charge in [-0.2, -0.15) is 0 Å². The Kier molecular flexibility index (Phi) is 6.46. The number of hydrogen-bond donors (Lipinski definition) is 2. The molecule has 0 bridgehead atoms. The number of anilines is 1. The van der Waals surface area contributed by atoms with Crippen LogP contribution in [-0.2, 0) is 16.0 Å². The van der Waals surface area contributed by atoms with E-state index in [4.69, 9.17) is 17.3 Å². The average Bonchev–Trinajstić information content (AvgIpc) is 2.96. The minimum atomic E-state index is -1.09. The molecule has 1 aliphatic heterocycles. The van der Waals surface area contributed by atoms with E-state index in [9.17, 15) is 14.4 Å². The maximum Gasteiger partial charge on any atom is 0.335 e. The minimum absolute atomic E-state index is 0.0606. The zero-order chi connectivity index (χ0) is 21.0. The van der Waals surface area contributed by atoms with Crippen molar-refractivity contribution in [3.8, 4) is 0 Å². The van der Waals surface area contributed by atoms with E-state index in [1.807, 2.05) is 24.3 Å². The highest BCUT2D eigenvalue weighted by atomic mass is 32.2. The molecule has 0 atom stereocenters. The van der Waals surface area contributed by atoms with Crippen molar-refractivity contribution in [2.45, 2.75) is 13.3 Å². The first kappa shape index (κ1) is 20.8. The Morgan fingerprint density at radius 1 is 1.21 bits per heavy atom. The van der Waals surface area contributed by atoms with Crippen molar-refractivity contribution in [2.24, 2.45) is 0 Å². The first-order valence-corrected chi connectivity index (χ1v) is 10.1. The minimum Gasteiger partial charge on any atom is -0.478 e. The smallest absolute Gasteiger partial charge is 0.335 e. The van der Waals surface area contributed by atoms with E-state index >= 15 is 0 Å². The molecule has 6 nitrogen and oxygen atoms in total. The lowest BCUT2D eigenvalue weighted by Gasteiger charge is -2.14. The molecule has 29 heavy (non-hydrogen) atoms. The monoisotopic (exact) mass is 426 g/mol. The number of thiocarbonyl (C=S) groups is 1. The number of benzene rings is 2. The number of hydrogen-bond acceptors (Lipinski definition) is 5. The van der Waals surface area contributed by atoms with E-state index < -0.39 is 11.9 Å². The number of rotatable bonds is 6. The van der Waals surface area contributed by atoms with Crippen LogP contribution in [0.3, 0.4) is 0 Å². The summed E-state index contributed by atoms with van der Waals surface area (Å²) in [5.74, 6) is -1.87. The van der Waals surface area contributed by atoms with Crippen molar-refractivity contribution in [2.75, 3.05) is 11.9 Å². The highest BCUT2D eigenvalue weighted by molar-refractivity contribution is 8.26. The molecule has 2 aromatic carbocycles. The second-order valence-electron chi connectivity index (χ2n) is 6.30. The molecule has 0 radical (unpaired) electrons. The van der Waals surface area contributed by atoms with Crippen LogP contribution in [0, 0.1) is 0 Å². The summed E-state index contributed by atoms with van der Waals surface area (Å²) in [4.78, 5) is 37.7. The lowest BCUT2D eigenvalue weighted by atomic mass is 10.1. The van der Waals surface area contributed by atoms with E-state index in [1.165, 1.54) is 28.7 Å². The van der Waals surface area contributed by atoms with Crippen LogP contribution in [-0.4, -0.2) is 38.7 Å². The molecule has 2 amide bonds. The zero-order valence-electron chi connectivity index (χ0n) is 15.5. The standard InChI is InChI=1S/C21H18N2O4S2/c1-2-13-6-8-14(9-7-13)10-17-19(25)23(21(28)29-17)12-18(24)22-16-5-3-4-15(11-16)20(26)27/h3-11H,2,12H2,1H3,(H,22,24)(H,26,27)/b17-10-. The molecular formula is C21H18N2O4S2. The van der Waals surface area contributed by atoms with Gasteiger partial charge in [0.1, 0.15) is 10.9 Å². The molecule has 3 rings (SSSR count). The van der Waals surface area contributed by atoms with Gasteiger partial charge in [-0.05, 0) is 41.8 Å². The number of nitrogens with one attached hydrogen (secondary N) is 1. The SMILES string of the molecule is CCc1ccc(/C=C2\SC(=S)N(CC(=O)Nc3cccc(C(=O)O)c3)C2=O)cc1. The van der Waals surface area contributed by atoms with Gasteiger partial charge >= 0.3 is 5.97 Å². The third-order valence-electron chi connectivity index (χ3n) is 4.25. The molecule has 0 spiro atoms. The first-order chi connectivity index (χ1) is 13.9. The van der Waals surface area contributed by atoms with Gasteiger partial charge in [-0.3, -0.25) is 14.5 Å². The van der Waals surface area contributed by atoms with Gasteiger partial charge in [0.15, 0.2) is 0 Å². The van der Waals surface area contributed by atoms with Crippen molar-refractivity contribution in [1.82, 2.24) is 4.90 Å². The number of aromatic carboxylic acids is 1. The Labute approximate surface area is 177 Å². The fourth-order valence-corrected chi connectivity index (χ4v) is 3.97. The van der Waals surface area contributed by atoms with Gasteiger partial charge in [-0.15, -0.1) is 0 Å². The van der Waals surface area contributed by atoms with Crippen LogP contribution in [0.5, 0.6) is 0 Å². The summed E-state index contributed by atoms with van der Waals surface area (Å²) in [6, 6.07) is 13.8. The summed E-state index contributed by atoms with van der Waals surface area (Å²) in [6.07, 6.45) is 2.69. The summed E-state index contributed by atoms with van der Waals surface area (Å²) in [5.41, 5.74) is 2.49. The van der Waals surface area contributed by atoms with E-state index in [1.54, 1.807) is 12.1 Å². The van der Waals surface area contributed by atoms with Gasteiger partial charge in [0.05, 0.1) is 10.5 Å². The second kappa shape index (κ2) is 9.02. The molecule has 148 valence electrons. The molecule has 1 aliphatic rings. The third-order valence-corrected chi connectivity index (χ3v) is 5.63. The number of aryl methyl sites for hydroxylation is 1. The van der Waals surface area contributed by atoms with E-state index in [-0.39, 0.29) is 18.0 Å². The fourth-order valence-electron chi connectivity index (χ4n) is 2.71. The number of carbonyl (C=O) groups excluding carboxylic acids is 2. The Morgan fingerprint density at radius 3 is 2.59 bits per heavy atom. The number of thioether (sulfide) groups is 1. The molecule has 2 N–H and O–H groups in total. The van der Waals surface area contributed by atoms with Gasteiger partial charge in [-0.25, -0.2) is 4.79 Å². The van der Waals surface area contributed by atoms with Crippen molar-refractivity contribution < 1.29 is 19.5 Å². The highest BCUT2D eigenvalue weighted by Crippen LogP contribution is 2.32. The molecule has 8 heteroatoms. The predicted octanol–water partition coefficient (Wildman–Crippen LogP) is 3.79. The second-order valence-corrected chi connectivity index (χ2v) is 7.97. The van der Waals surface area contributed by atoms with Gasteiger partial charge in [-0.1, -0.05) is 61.2 Å². The van der Waals surface area contributed by atoms with Crippen LogP contribution in [0.25, 0.3) is 6.08 Å². The molecule has 0 unspecified atom stereocenters. The molecule has 0 aliphatic carbocycles. The Bertz CT molecular complexity index is 1020. The largest absolute Gasteiger partial charge is 0.478 e. The summed E-state index contributed by atoms with van der Waals surface area (Å²) in [7, 11) is 0. The van der Waals surface area contributed by atoms with Gasteiger partial charge in [0.2, 0.25) is 5.91 Å². The van der Waals surface area contributed by atoms with Crippen LogP contribution in [0.4, 0.5) is 5.69 Å². The normalized spacial score (nSPS) is 15.1. The van der Waals surface area contributed by atoms with Gasteiger partial charge in [0.25, 0.3) is 5.91 Å². The van der Waals surface area contributed by atoms with Crippen LogP contribution >= 0.6 is 24.0 Å². The Hall–Kier alpha value is -2.97. The molecule has 2 aromatic rings. The van der Waals surface area contributed by atoms with Gasteiger partial charge < -0.3 is 10.4 Å². The molecule has 0 saturated carbocycles. The maximum absolute atomic E-state index is 12.7. The molecule has 1 heterocycles. The molecule has 1 fully saturated rings. The van der Waals surface area contributed by atoms with E-state index in [0.29, 0.717) is 14.9 Å². The van der Waals surface area contributed by atoms with E-state index in [2.05, 4.69) is 12.2 Å². The molecule has 1 saturated heterocycles. The number of carbonyl (C=O) groups is 3. The fraction of sp³-hybridized carbons (Fsp3) is 0.143. The lowest BCUT2D eigenvalue weighted by Crippen LogP contribution is -2.36. The highest BCUT2D eigenvalue weighted by Gasteiger charge is 2.33. The lowest BCUT2D eigenvalue weighted by molar-refractivity contribution is -0.126. The number of carboxylic acids is 1. The third kappa shape index (κ3) is 5.10. The summed E-state index contributed by atoms with van der Waals surface area (Å²) in [5, 5.41) is 11.6. The Balaban J connectivity index is 1.68. The van der Waals surface area contributed by atoms with Crippen molar-refractivity contribution >= 4 is 57.8 Å². The van der Waals surface area contributed by atoms with Crippen molar-refractivity contribution in [3.05, 3.63) is 70.1 Å². The van der Waals surface area contributed by atoms with E-state index in [0.717, 1.165) is 23.7 Å². The van der Waals surface area contributed by atoms with Gasteiger partial charge in [0, 0.05) is 5.69 Å². The number of nitrogens with zero attached hydrogens (tertiary/aromatic N) is 1. The topological polar surface area (TPSA) is 86.7 Å². The van der Waals surface area contributed by atoms with Crippen LogP contribution in [0.2, 0.25) is 0 Å². The average molecular weight is 427 g/mol. The number of carboxylic acid groups (broad SMARTS) is 1. The van der Waals surface area contributed by atoms with Crippen molar-refractivity contribution in [3.63, 3.8) is 0 Å². The zero-order valence-corrected chi connectivity index (χ0v) is 17.2. The summed E-state index contributed by atoms with van der Waals surface area (Å²) < 4.78 is 0.306. The molecular weight excluding hydrogens is 408 g/mol. The van der Waals surface area contributed by atoms with Crippen LogP contribution in [0.15, 0.2) is 53.4 Å². The summed E-state index contributed by atoms with van der Waals surface area (Å²) >= 11 is 6.41. The maximum atomic E-state index is 12.7. The predicted molar refractivity (Wildman–Crippen MR) is 118 cm³/mol. The van der Waals surface area contributed by atoms with Crippen LogP contribution in [0.1, 0.15) is 28.4 Å². The first-order valence-electron chi connectivity index (χ1n) is 8.85. The quantitative estimate of drug-likeness (QED) is 0.540. The Morgan fingerprint density at radius 2 is 1.93 bits per heavy atom. The molecule has 0 aromatic heterocycles. The van der Waals surface area contributed by atoms with Crippen molar-refractivity contribution in [1.29, 1.82) is 0 Å². The number of amides is 2. The van der Waals surface area contributed by atoms with Crippen LogP contribution < -0.4 is 5.32 Å². The summed E-state index contributed by atoms with van der Waals surface area (Å²) in [6.45, 7) is 1.83.